The molecule has 2 unspecified atom stereocenters. The Labute approximate surface area is 174 Å². The SMILES string of the molecule is C=C(C)C(=O)OC(C)(C)C12CC3CC(CC(COC(=O)C(F)(F)S(=O)(=O)O)(C3)C1)C2. The number of rotatable bonds is 7. The van der Waals surface area contributed by atoms with E-state index in [4.69, 9.17) is 14.0 Å². The molecule has 2 atom stereocenters. The lowest BCUT2D eigenvalue weighted by atomic mass is 9.41. The molecule has 0 heterocycles. The largest absolute Gasteiger partial charge is 0.465 e. The van der Waals surface area contributed by atoms with Gasteiger partial charge in [-0.25, -0.2) is 9.59 Å². The van der Waals surface area contributed by atoms with Crippen LogP contribution in [0.25, 0.3) is 0 Å². The maximum absolute atomic E-state index is 13.6. The molecule has 1 N–H and O–H groups in total. The average Bonchev–Trinajstić information content (AvgIpc) is 2.56. The van der Waals surface area contributed by atoms with E-state index in [9.17, 15) is 26.8 Å². The first-order chi connectivity index (χ1) is 13.5. The number of halogens is 2. The molecule has 4 fully saturated rings. The van der Waals surface area contributed by atoms with Crippen LogP contribution in [0.2, 0.25) is 0 Å². The predicted octanol–water partition coefficient (Wildman–Crippen LogP) is 3.49. The van der Waals surface area contributed by atoms with Gasteiger partial charge < -0.3 is 9.47 Å². The summed E-state index contributed by atoms with van der Waals surface area (Å²) < 4.78 is 67.9. The molecule has 0 aromatic rings. The van der Waals surface area contributed by atoms with Gasteiger partial charge in [0.05, 0.1) is 6.61 Å². The number of ether oxygens (including phenoxy) is 2. The first-order valence-corrected chi connectivity index (χ1v) is 11.4. The highest BCUT2D eigenvalue weighted by molar-refractivity contribution is 7.87. The van der Waals surface area contributed by atoms with E-state index >= 15 is 0 Å². The quantitative estimate of drug-likeness (QED) is 0.359. The minimum atomic E-state index is -5.91. The van der Waals surface area contributed by atoms with E-state index in [2.05, 4.69) is 6.58 Å². The van der Waals surface area contributed by atoms with Crippen molar-refractivity contribution in [2.75, 3.05) is 6.61 Å². The van der Waals surface area contributed by atoms with Gasteiger partial charge in [0, 0.05) is 16.4 Å². The molecule has 0 radical (unpaired) electrons. The Balaban J connectivity index is 1.82. The third kappa shape index (κ3) is 3.77. The molecule has 4 aliphatic carbocycles. The molecule has 4 rings (SSSR count). The van der Waals surface area contributed by atoms with E-state index in [-0.39, 0.29) is 24.0 Å². The third-order valence-corrected chi connectivity index (χ3v) is 8.04. The van der Waals surface area contributed by atoms with Crippen molar-refractivity contribution >= 4 is 22.1 Å². The maximum Gasteiger partial charge on any atom is 0.465 e. The van der Waals surface area contributed by atoms with Crippen LogP contribution in [0.1, 0.15) is 59.3 Å². The summed E-state index contributed by atoms with van der Waals surface area (Å²) in [6, 6.07) is 0. The van der Waals surface area contributed by atoms with Gasteiger partial charge in [-0.15, -0.1) is 0 Å². The molecule has 0 aromatic heterocycles. The number of hydrogen-bond acceptors (Lipinski definition) is 6. The lowest BCUT2D eigenvalue weighted by molar-refractivity contribution is -0.221. The molecule has 0 amide bonds. The second-order valence-corrected chi connectivity index (χ2v) is 11.5. The fourth-order valence-corrected chi connectivity index (χ4v) is 6.43. The van der Waals surface area contributed by atoms with Crippen molar-refractivity contribution in [2.24, 2.45) is 22.7 Å². The van der Waals surface area contributed by atoms with Gasteiger partial charge >= 0.3 is 27.3 Å². The van der Waals surface area contributed by atoms with Crippen molar-refractivity contribution < 1.29 is 40.8 Å². The number of hydrogen-bond donors (Lipinski definition) is 1. The molecule has 0 saturated heterocycles. The van der Waals surface area contributed by atoms with Crippen LogP contribution in [-0.2, 0) is 29.2 Å². The molecule has 0 spiro atoms. The van der Waals surface area contributed by atoms with Gasteiger partial charge in [0.25, 0.3) is 0 Å². The zero-order valence-corrected chi connectivity index (χ0v) is 18.2. The minimum absolute atomic E-state index is 0.273. The fourth-order valence-electron chi connectivity index (χ4n) is 6.16. The van der Waals surface area contributed by atoms with Crippen molar-refractivity contribution in [1.29, 1.82) is 0 Å². The van der Waals surface area contributed by atoms with Crippen LogP contribution >= 0.6 is 0 Å². The predicted molar refractivity (Wildman–Crippen MR) is 102 cm³/mol. The zero-order chi connectivity index (χ0) is 22.8. The number of carbonyl (C=O) groups excluding carboxylic acids is 2. The van der Waals surface area contributed by atoms with Crippen LogP contribution in [-0.4, -0.2) is 42.4 Å². The van der Waals surface area contributed by atoms with E-state index in [1.165, 1.54) is 0 Å². The summed E-state index contributed by atoms with van der Waals surface area (Å²) in [5.41, 5.74) is -1.56. The Bertz CT molecular complexity index is 864. The van der Waals surface area contributed by atoms with Gasteiger partial charge in [-0.2, -0.15) is 17.2 Å². The topological polar surface area (TPSA) is 107 Å². The summed E-state index contributed by atoms with van der Waals surface area (Å²) in [6.45, 7) is 8.50. The molecular formula is C20H28F2O7S. The molecule has 30 heavy (non-hydrogen) atoms. The summed E-state index contributed by atoms with van der Waals surface area (Å²) in [5.74, 6) is -2.23. The second-order valence-electron chi connectivity index (χ2n) is 9.99. The Hall–Kier alpha value is -1.55. The first kappa shape index (κ1) is 23.1. The van der Waals surface area contributed by atoms with E-state index < -0.39 is 43.7 Å². The summed E-state index contributed by atoms with van der Waals surface area (Å²) in [7, 11) is -5.91. The van der Waals surface area contributed by atoms with Gasteiger partial charge in [0.1, 0.15) is 5.60 Å². The number of carbonyl (C=O) groups is 2. The Morgan fingerprint density at radius 3 is 2.17 bits per heavy atom. The molecule has 4 bridgehead atoms. The molecule has 0 aromatic carbocycles. The molecule has 4 aliphatic rings. The molecule has 7 nitrogen and oxygen atoms in total. The third-order valence-electron chi connectivity index (χ3n) is 7.23. The summed E-state index contributed by atoms with van der Waals surface area (Å²) in [5, 5.41) is -5.01. The summed E-state index contributed by atoms with van der Waals surface area (Å²) in [4.78, 5) is 23.9. The normalized spacial score (nSPS) is 33.3. The fraction of sp³-hybridized carbons (Fsp3) is 0.800. The van der Waals surface area contributed by atoms with Crippen molar-refractivity contribution in [3.05, 3.63) is 12.2 Å². The Morgan fingerprint density at radius 2 is 1.70 bits per heavy atom. The van der Waals surface area contributed by atoms with Crippen molar-refractivity contribution in [1.82, 2.24) is 0 Å². The number of esters is 2. The van der Waals surface area contributed by atoms with Crippen LogP contribution in [0.4, 0.5) is 8.78 Å². The van der Waals surface area contributed by atoms with Crippen LogP contribution in [0.3, 0.4) is 0 Å². The van der Waals surface area contributed by atoms with Gasteiger partial charge in [0.2, 0.25) is 0 Å². The van der Waals surface area contributed by atoms with Crippen molar-refractivity contribution in [3.63, 3.8) is 0 Å². The lowest BCUT2D eigenvalue weighted by Gasteiger charge is -2.65. The highest BCUT2D eigenvalue weighted by Gasteiger charge is 2.64. The minimum Gasteiger partial charge on any atom is -0.460 e. The monoisotopic (exact) mass is 450 g/mol. The van der Waals surface area contributed by atoms with Crippen molar-refractivity contribution in [3.8, 4) is 0 Å². The summed E-state index contributed by atoms with van der Waals surface area (Å²) in [6.07, 6.45) is 4.45. The molecular weight excluding hydrogens is 422 g/mol. The van der Waals surface area contributed by atoms with Gasteiger partial charge in [0.15, 0.2) is 0 Å². The lowest BCUT2D eigenvalue weighted by Crippen LogP contribution is -2.61. The van der Waals surface area contributed by atoms with Gasteiger partial charge in [-0.3, -0.25) is 4.55 Å². The van der Waals surface area contributed by atoms with Crippen LogP contribution in [0.5, 0.6) is 0 Å². The van der Waals surface area contributed by atoms with E-state index in [1.54, 1.807) is 6.92 Å². The molecule has 4 saturated carbocycles. The van der Waals surface area contributed by atoms with E-state index in [1.807, 2.05) is 13.8 Å². The van der Waals surface area contributed by atoms with Crippen LogP contribution < -0.4 is 0 Å². The first-order valence-electron chi connectivity index (χ1n) is 9.94. The average molecular weight is 451 g/mol. The number of alkyl halides is 2. The highest BCUT2D eigenvalue weighted by Crippen LogP contribution is 2.68. The van der Waals surface area contributed by atoms with E-state index in [0.717, 1.165) is 19.3 Å². The standard InChI is InChI=1S/C20H28F2O7S/c1-12(2)15(23)29-17(3,4)19-8-13-5-14(9-19)7-18(6-13,10-19)11-28-16(24)20(21,22)30(25,26)27/h13-14H,1,5-11H2,2-4H3,(H,25,26,27). The smallest absolute Gasteiger partial charge is 0.460 e. The van der Waals surface area contributed by atoms with Gasteiger partial charge in [-0.1, -0.05) is 6.58 Å². The van der Waals surface area contributed by atoms with Crippen LogP contribution in [0.15, 0.2) is 12.2 Å². The Kier molecular flexibility index (Phi) is 5.38. The molecule has 170 valence electrons. The maximum atomic E-state index is 13.6. The van der Waals surface area contributed by atoms with E-state index in [0.29, 0.717) is 19.3 Å². The summed E-state index contributed by atoms with van der Waals surface area (Å²) >= 11 is 0. The van der Waals surface area contributed by atoms with Gasteiger partial charge in [-0.05, 0) is 71.1 Å². The molecule has 0 aliphatic heterocycles. The highest BCUT2D eigenvalue weighted by atomic mass is 32.2. The second kappa shape index (κ2) is 6.98. The van der Waals surface area contributed by atoms with Crippen LogP contribution in [0, 0.1) is 22.7 Å². The van der Waals surface area contributed by atoms with Crippen molar-refractivity contribution in [2.45, 2.75) is 70.2 Å². The Morgan fingerprint density at radius 1 is 1.17 bits per heavy atom. The zero-order valence-electron chi connectivity index (χ0n) is 17.4. The molecule has 10 heteroatoms.